The van der Waals surface area contributed by atoms with Gasteiger partial charge in [-0.3, -0.25) is 10.00 Å². The van der Waals surface area contributed by atoms with E-state index in [4.69, 9.17) is 0 Å². The zero-order valence-electron chi connectivity index (χ0n) is 14.4. The highest BCUT2D eigenvalue weighted by molar-refractivity contribution is 5.37. The van der Waals surface area contributed by atoms with Crippen molar-refractivity contribution in [2.75, 3.05) is 13.1 Å². The number of piperidine rings is 1. The molecule has 1 aromatic heterocycles. The molecule has 1 saturated heterocycles. The third-order valence-electron chi connectivity index (χ3n) is 4.34. The Bertz CT molecular complexity index is 702. The number of aromatic nitrogens is 2. The van der Waals surface area contributed by atoms with E-state index < -0.39 is 5.60 Å². The lowest BCUT2D eigenvalue weighted by Crippen LogP contribution is -2.34. The quantitative estimate of drug-likeness (QED) is 0.854. The van der Waals surface area contributed by atoms with Gasteiger partial charge in [0.25, 0.3) is 0 Å². The number of hydrogen-bond acceptors (Lipinski definition) is 3. The van der Waals surface area contributed by atoms with Gasteiger partial charge in [-0.1, -0.05) is 24.0 Å². The van der Waals surface area contributed by atoms with Gasteiger partial charge < -0.3 is 5.11 Å². The first-order chi connectivity index (χ1) is 11.5. The molecule has 0 saturated carbocycles. The van der Waals surface area contributed by atoms with Crippen molar-refractivity contribution in [2.45, 2.75) is 44.8 Å². The highest BCUT2D eigenvalue weighted by Gasteiger charge is 2.22. The fourth-order valence-corrected chi connectivity index (χ4v) is 3.12. The normalized spacial score (nSPS) is 18.9. The largest absolute Gasteiger partial charge is 0.378 e. The monoisotopic (exact) mass is 323 g/mol. The maximum absolute atomic E-state index is 9.67. The molecular formula is C20H25N3O. The minimum Gasteiger partial charge on any atom is -0.378 e. The zero-order chi connectivity index (χ0) is 17.0. The molecule has 24 heavy (non-hydrogen) atoms. The van der Waals surface area contributed by atoms with Crippen molar-refractivity contribution in [2.24, 2.45) is 0 Å². The summed E-state index contributed by atoms with van der Waals surface area (Å²) in [6.07, 6.45) is 4.28. The molecule has 0 spiro atoms. The van der Waals surface area contributed by atoms with Crippen LogP contribution in [0.5, 0.6) is 0 Å². The van der Waals surface area contributed by atoms with Crippen molar-refractivity contribution in [3.8, 4) is 11.8 Å². The summed E-state index contributed by atoms with van der Waals surface area (Å²) >= 11 is 0. The molecule has 2 aromatic rings. The van der Waals surface area contributed by atoms with E-state index in [1.807, 2.05) is 18.3 Å². The van der Waals surface area contributed by atoms with Crippen LogP contribution in [0.3, 0.4) is 0 Å². The van der Waals surface area contributed by atoms with Crippen molar-refractivity contribution < 1.29 is 5.11 Å². The lowest BCUT2D eigenvalue weighted by Gasteiger charge is -2.32. The molecule has 0 aliphatic carbocycles. The van der Waals surface area contributed by atoms with Crippen molar-refractivity contribution >= 4 is 0 Å². The molecule has 1 aliphatic heterocycles. The number of rotatable bonds is 3. The smallest absolute Gasteiger partial charge is 0.120 e. The van der Waals surface area contributed by atoms with Gasteiger partial charge in [-0.05, 0) is 57.0 Å². The van der Waals surface area contributed by atoms with Gasteiger partial charge in [0.1, 0.15) is 5.60 Å². The van der Waals surface area contributed by atoms with Crippen LogP contribution in [-0.2, 0) is 6.54 Å². The Kier molecular flexibility index (Phi) is 5.03. The lowest BCUT2D eigenvalue weighted by atomic mass is 9.94. The predicted molar refractivity (Wildman–Crippen MR) is 95.5 cm³/mol. The fourth-order valence-electron chi connectivity index (χ4n) is 3.12. The fraction of sp³-hybridized carbons (Fsp3) is 0.450. The number of likely N-dealkylation sites (tertiary alicyclic amines) is 1. The van der Waals surface area contributed by atoms with E-state index in [0.29, 0.717) is 5.92 Å². The van der Waals surface area contributed by atoms with E-state index >= 15 is 0 Å². The Labute approximate surface area is 143 Å². The second-order valence-electron chi connectivity index (χ2n) is 7.09. The van der Waals surface area contributed by atoms with Gasteiger partial charge >= 0.3 is 0 Å². The van der Waals surface area contributed by atoms with Gasteiger partial charge in [0, 0.05) is 36.5 Å². The molecular weight excluding hydrogens is 298 g/mol. The van der Waals surface area contributed by atoms with Gasteiger partial charge in [-0.2, -0.15) is 5.10 Å². The van der Waals surface area contributed by atoms with Crippen LogP contribution in [-0.4, -0.2) is 38.9 Å². The van der Waals surface area contributed by atoms with Crippen LogP contribution in [0, 0.1) is 11.8 Å². The number of hydrogen-bond donors (Lipinski definition) is 2. The predicted octanol–water partition coefficient (Wildman–Crippen LogP) is 2.91. The van der Waals surface area contributed by atoms with Gasteiger partial charge in [-0.15, -0.1) is 0 Å². The molecule has 0 unspecified atom stereocenters. The summed E-state index contributed by atoms with van der Waals surface area (Å²) in [6.45, 7) is 6.57. The molecule has 0 bridgehead atoms. The molecule has 0 amide bonds. The van der Waals surface area contributed by atoms with Gasteiger partial charge in [0.05, 0.1) is 0 Å². The van der Waals surface area contributed by atoms with E-state index in [-0.39, 0.29) is 0 Å². The Balaban J connectivity index is 1.60. The number of nitrogens with one attached hydrogen (secondary N) is 1. The average Bonchev–Trinajstić information content (AvgIpc) is 3.08. The number of nitrogens with zero attached hydrogens (tertiary/aromatic N) is 2. The summed E-state index contributed by atoms with van der Waals surface area (Å²) in [6, 6.07) is 10.4. The Morgan fingerprint density at radius 2 is 2.08 bits per heavy atom. The number of aliphatic hydroxyl groups is 1. The average molecular weight is 323 g/mol. The molecule has 1 fully saturated rings. The molecule has 2 N–H and O–H groups in total. The summed E-state index contributed by atoms with van der Waals surface area (Å²) in [5.41, 5.74) is 2.54. The Morgan fingerprint density at radius 3 is 2.75 bits per heavy atom. The molecule has 0 radical (unpaired) electrons. The van der Waals surface area contributed by atoms with E-state index in [1.54, 1.807) is 13.8 Å². The highest BCUT2D eigenvalue weighted by Crippen LogP contribution is 2.26. The Morgan fingerprint density at radius 1 is 1.29 bits per heavy atom. The van der Waals surface area contributed by atoms with Gasteiger partial charge in [0.2, 0.25) is 0 Å². The molecule has 4 heteroatoms. The summed E-state index contributed by atoms with van der Waals surface area (Å²) in [5, 5.41) is 16.9. The maximum atomic E-state index is 9.67. The molecule has 1 aliphatic rings. The standard InChI is InChI=1S/C20H25N3O/c1-20(2,24)11-9-16-5-7-17(8-6-16)14-23-13-3-4-18(15-23)19-10-12-21-22-19/h5-8,10,12,18,24H,3-4,13-15H2,1-2H3,(H,21,22)/t18-/m0/s1. The highest BCUT2D eigenvalue weighted by atomic mass is 16.3. The molecule has 1 aromatic carbocycles. The van der Waals surface area contributed by atoms with Crippen LogP contribution in [0.2, 0.25) is 0 Å². The van der Waals surface area contributed by atoms with Crippen molar-refractivity contribution in [3.63, 3.8) is 0 Å². The zero-order valence-corrected chi connectivity index (χ0v) is 14.4. The second kappa shape index (κ2) is 7.21. The molecule has 126 valence electrons. The molecule has 4 nitrogen and oxygen atoms in total. The topological polar surface area (TPSA) is 52.1 Å². The van der Waals surface area contributed by atoms with Gasteiger partial charge in [0.15, 0.2) is 0 Å². The number of aromatic amines is 1. The van der Waals surface area contributed by atoms with Crippen LogP contribution >= 0.6 is 0 Å². The van der Waals surface area contributed by atoms with E-state index in [2.05, 4.69) is 45.1 Å². The second-order valence-corrected chi connectivity index (χ2v) is 7.09. The lowest BCUT2D eigenvalue weighted by molar-refractivity contribution is 0.143. The van der Waals surface area contributed by atoms with E-state index in [9.17, 15) is 5.11 Å². The number of H-pyrrole nitrogens is 1. The summed E-state index contributed by atoms with van der Waals surface area (Å²) < 4.78 is 0. The van der Waals surface area contributed by atoms with E-state index in [1.165, 1.54) is 24.1 Å². The third-order valence-corrected chi connectivity index (χ3v) is 4.34. The van der Waals surface area contributed by atoms with Crippen molar-refractivity contribution in [3.05, 3.63) is 53.3 Å². The van der Waals surface area contributed by atoms with Crippen LogP contribution in [0.1, 0.15) is 49.4 Å². The van der Waals surface area contributed by atoms with Crippen molar-refractivity contribution in [1.29, 1.82) is 0 Å². The minimum absolute atomic E-state index is 0.554. The van der Waals surface area contributed by atoms with Crippen LogP contribution < -0.4 is 0 Å². The molecule has 3 rings (SSSR count). The summed E-state index contributed by atoms with van der Waals surface area (Å²) in [4.78, 5) is 2.51. The van der Waals surface area contributed by atoms with E-state index in [0.717, 1.165) is 25.2 Å². The minimum atomic E-state index is -0.950. The van der Waals surface area contributed by atoms with Gasteiger partial charge in [-0.25, -0.2) is 0 Å². The van der Waals surface area contributed by atoms with Crippen LogP contribution in [0.25, 0.3) is 0 Å². The molecule has 2 heterocycles. The third kappa shape index (κ3) is 4.70. The Hall–Kier alpha value is -2.09. The van der Waals surface area contributed by atoms with Crippen LogP contribution in [0.4, 0.5) is 0 Å². The SMILES string of the molecule is CC(C)(O)C#Cc1ccc(CN2CCC[C@H](c3ccn[nH]3)C2)cc1. The number of benzene rings is 1. The van der Waals surface area contributed by atoms with Crippen LogP contribution in [0.15, 0.2) is 36.5 Å². The van der Waals surface area contributed by atoms with Crippen molar-refractivity contribution in [1.82, 2.24) is 15.1 Å². The summed E-state index contributed by atoms with van der Waals surface area (Å²) in [7, 11) is 0. The first-order valence-corrected chi connectivity index (χ1v) is 8.56. The summed E-state index contributed by atoms with van der Waals surface area (Å²) in [5.74, 6) is 6.42. The molecule has 1 atom stereocenters. The maximum Gasteiger partial charge on any atom is 0.120 e. The first kappa shape index (κ1) is 16.8. The first-order valence-electron chi connectivity index (χ1n) is 8.56.